The third-order valence-electron chi connectivity index (χ3n) is 7.42. The van der Waals surface area contributed by atoms with Crippen LogP contribution in [0.3, 0.4) is 0 Å². The molecular formula is C31H40N4O4. The van der Waals surface area contributed by atoms with E-state index in [1.807, 2.05) is 84.9 Å². The van der Waals surface area contributed by atoms with Gasteiger partial charge in [-0.25, -0.2) is 9.80 Å². The minimum atomic E-state index is -1.11. The molecule has 208 valence electrons. The van der Waals surface area contributed by atoms with E-state index in [0.29, 0.717) is 13.0 Å². The lowest BCUT2D eigenvalue weighted by Gasteiger charge is -2.37. The predicted octanol–water partition coefficient (Wildman–Crippen LogP) is 4.14. The number of hydrogen-bond acceptors (Lipinski definition) is 5. The minimum absolute atomic E-state index is 0.0966. The molecule has 0 radical (unpaired) electrons. The molecule has 0 unspecified atom stereocenters. The highest BCUT2D eigenvalue weighted by Crippen LogP contribution is 2.25. The summed E-state index contributed by atoms with van der Waals surface area (Å²) in [5, 5.41) is 22.1. The van der Waals surface area contributed by atoms with Gasteiger partial charge in [-0.2, -0.15) is 0 Å². The van der Waals surface area contributed by atoms with E-state index >= 15 is 0 Å². The van der Waals surface area contributed by atoms with Crippen LogP contribution in [0.4, 0.5) is 4.79 Å². The van der Waals surface area contributed by atoms with E-state index in [9.17, 15) is 19.8 Å². The van der Waals surface area contributed by atoms with Crippen molar-refractivity contribution in [1.29, 1.82) is 0 Å². The molecule has 8 nitrogen and oxygen atoms in total. The van der Waals surface area contributed by atoms with Crippen LogP contribution in [0.5, 0.6) is 0 Å². The summed E-state index contributed by atoms with van der Waals surface area (Å²) in [7, 11) is 1.44. The topological polar surface area (TPSA) is 119 Å². The molecule has 0 aliphatic rings. The molecule has 0 saturated heterocycles. The van der Waals surface area contributed by atoms with E-state index in [-0.39, 0.29) is 12.5 Å². The van der Waals surface area contributed by atoms with Crippen LogP contribution >= 0.6 is 0 Å². The summed E-state index contributed by atoms with van der Waals surface area (Å²) in [6.07, 6.45) is -1.54. The van der Waals surface area contributed by atoms with Crippen molar-refractivity contribution in [1.82, 2.24) is 15.3 Å². The molecule has 0 heterocycles. The Morgan fingerprint density at radius 1 is 0.897 bits per heavy atom. The van der Waals surface area contributed by atoms with Crippen LogP contribution < -0.4 is 11.2 Å². The summed E-state index contributed by atoms with van der Waals surface area (Å²) in [5.74, 6) is -0.354. The van der Waals surface area contributed by atoms with Gasteiger partial charge in [-0.1, -0.05) is 84.9 Å². The van der Waals surface area contributed by atoms with Gasteiger partial charge in [0.15, 0.2) is 0 Å². The van der Waals surface area contributed by atoms with Crippen LogP contribution in [0.15, 0.2) is 84.9 Å². The number of benzene rings is 3. The fourth-order valence-corrected chi connectivity index (χ4v) is 4.31. The van der Waals surface area contributed by atoms with E-state index in [2.05, 4.69) is 5.43 Å². The minimum Gasteiger partial charge on any atom is -0.465 e. The average molecular weight is 533 g/mol. The molecule has 0 aliphatic heterocycles. The quantitative estimate of drug-likeness (QED) is 0.260. The van der Waals surface area contributed by atoms with E-state index < -0.39 is 29.7 Å². The maximum Gasteiger partial charge on any atom is 0.407 e. The molecule has 3 atom stereocenters. The number of nitrogens with one attached hydrogen (secondary N) is 1. The fourth-order valence-electron chi connectivity index (χ4n) is 4.31. The first-order chi connectivity index (χ1) is 18.5. The number of hydrazine groups is 1. The summed E-state index contributed by atoms with van der Waals surface area (Å²) in [5.41, 5.74) is 12.4. The third kappa shape index (κ3) is 8.13. The molecule has 0 fully saturated rings. The molecule has 3 aromatic carbocycles. The van der Waals surface area contributed by atoms with Crippen molar-refractivity contribution >= 4 is 12.0 Å². The van der Waals surface area contributed by atoms with Crippen LogP contribution in [0.25, 0.3) is 11.1 Å². The lowest BCUT2D eigenvalue weighted by atomic mass is 9.84. The third-order valence-corrected chi connectivity index (χ3v) is 7.42. The number of carboxylic acid groups (broad SMARTS) is 1. The SMILES string of the molecule is C[C@H](N(C)C(=O)O)C(C)(C)C(=O)NN(Cc1ccc(-c2ccccc2)cc1)C[C@H](O)[C@@H](N)Cc1ccccc1. The summed E-state index contributed by atoms with van der Waals surface area (Å²) in [4.78, 5) is 26.1. The van der Waals surface area contributed by atoms with Crippen molar-refractivity contribution in [3.8, 4) is 11.1 Å². The first kappa shape index (κ1) is 29.8. The zero-order valence-corrected chi connectivity index (χ0v) is 23.1. The number of aliphatic hydroxyl groups is 1. The van der Waals surface area contributed by atoms with Gasteiger partial charge in [0, 0.05) is 32.2 Å². The second-order valence-corrected chi connectivity index (χ2v) is 10.6. The Bertz CT molecular complexity index is 1200. The van der Waals surface area contributed by atoms with Gasteiger partial charge >= 0.3 is 6.09 Å². The fraction of sp³-hybridized carbons (Fsp3) is 0.355. The number of nitrogens with two attached hydrogens (primary N) is 1. The molecule has 3 rings (SSSR count). The summed E-state index contributed by atoms with van der Waals surface area (Å²) in [6, 6.07) is 26.6. The number of rotatable bonds is 12. The number of carbonyl (C=O) groups is 2. The van der Waals surface area contributed by atoms with Gasteiger partial charge in [0.25, 0.3) is 0 Å². The number of nitrogens with zero attached hydrogens (tertiary/aromatic N) is 2. The number of aliphatic hydroxyl groups excluding tert-OH is 1. The number of carbonyl (C=O) groups excluding carboxylic acids is 1. The Morgan fingerprint density at radius 3 is 2.00 bits per heavy atom. The van der Waals surface area contributed by atoms with Crippen LogP contribution in [0.2, 0.25) is 0 Å². The predicted molar refractivity (Wildman–Crippen MR) is 154 cm³/mol. The molecule has 0 aliphatic carbocycles. The van der Waals surface area contributed by atoms with Crippen molar-refractivity contribution < 1.29 is 19.8 Å². The van der Waals surface area contributed by atoms with Crippen molar-refractivity contribution in [2.75, 3.05) is 13.6 Å². The number of amides is 2. The normalized spacial score (nSPS) is 13.9. The van der Waals surface area contributed by atoms with Gasteiger partial charge in [0.2, 0.25) is 5.91 Å². The van der Waals surface area contributed by atoms with E-state index in [0.717, 1.165) is 27.2 Å². The summed E-state index contributed by atoms with van der Waals surface area (Å²) < 4.78 is 0. The van der Waals surface area contributed by atoms with Crippen LogP contribution in [-0.2, 0) is 17.8 Å². The Kier molecular flexibility index (Phi) is 10.2. The zero-order valence-electron chi connectivity index (χ0n) is 23.1. The average Bonchev–Trinajstić information content (AvgIpc) is 2.93. The van der Waals surface area contributed by atoms with Gasteiger partial charge in [-0.05, 0) is 49.4 Å². The monoisotopic (exact) mass is 532 g/mol. The Hall–Kier alpha value is -3.72. The van der Waals surface area contributed by atoms with Crippen LogP contribution in [0.1, 0.15) is 31.9 Å². The van der Waals surface area contributed by atoms with Gasteiger partial charge in [0.1, 0.15) is 0 Å². The standard InChI is InChI=1S/C31H40N4O4/c1-22(34(4)30(38)39)31(2,3)29(37)33-35(21-28(36)27(32)19-23-11-7-5-8-12-23)20-24-15-17-26(18-16-24)25-13-9-6-10-14-25/h5-18,22,27-28,36H,19-21,32H2,1-4H3,(H,33,37)(H,38,39)/t22-,27-,28-/m0/s1. The maximum absolute atomic E-state index is 13.4. The van der Waals surface area contributed by atoms with Gasteiger partial charge < -0.3 is 20.8 Å². The van der Waals surface area contributed by atoms with Crippen LogP contribution in [0, 0.1) is 5.41 Å². The zero-order chi connectivity index (χ0) is 28.6. The Morgan fingerprint density at radius 2 is 1.44 bits per heavy atom. The molecule has 3 aromatic rings. The molecule has 0 spiro atoms. The van der Waals surface area contributed by atoms with Crippen molar-refractivity contribution in [3.63, 3.8) is 0 Å². The van der Waals surface area contributed by atoms with Crippen LogP contribution in [-0.4, -0.2) is 63.9 Å². The van der Waals surface area contributed by atoms with Gasteiger partial charge in [-0.3, -0.25) is 10.2 Å². The number of hydrogen-bond donors (Lipinski definition) is 4. The first-order valence-corrected chi connectivity index (χ1v) is 13.1. The molecule has 5 N–H and O–H groups in total. The lowest BCUT2D eigenvalue weighted by Crippen LogP contribution is -2.57. The van der Waals surface area contributed by atoms with Crippen molar-refractivity contribution in [2.45, 2.75) is 51.9 Å². The molecule has 0 saturated carbocycles. The highest BCUT2D eigenvalue weighted by molar-refractivity contribution is 5.83. The first-order valence-electron chi connectivity index (χ1n) is 13.1. The molecule has 8 heteroatoms. The lowest BCUT2D eigenvalue weighted by molar-refractivity contribution is -0.138. The van der Waals surface area contributed by atoms with Crippen molar-refractivity contribution in [2.24, 2.45) is 11.1 Å². The highest BCUT2D eigenvalue weighted by atomic mass is 16.4. The van der Waals surface area contributed by atoms with E-state index in [4.69, 9.17) is 5.73 Å². The van der Waals surface area contributed by atoms with E-state index in [1.54, 1.807) is 25.8 Å². The second-order valence-electron chi connectivity index (χ2n) is 10.6. The largest absolute Gasteiger partial charge is 0.465 e. The molecular weight excluding hydrogens is 492 g/mol. The van der Waals surface area contributed by atoms with Gasteiger partial charge in [0.05, 0.1) is 11.5 Å². The molecule has 2 amide bonds. The second kappa shape index (κ2) is 13.4. The summed E-state index contributed by atoms with van der Waals surface area (Å²) >= 11 is 0. The molecule has 39 heavy (non-hydrogen) atoms. The maximum atomic E-state index is 13.4. The molecule has 0 bridgehead atoms. The Balaban J connectivity index is 1.78. The van der Waals surface area contributed by atoms with Crippen molar-refractivity contribution in [3.05, 3.63) is 96.1 Å². The summed E-state index contributed by atoms with van der Waals surface area (Å²) in [6.45, 7) is 5.53. The molecule has 0 aromatic heterocycles. The van der Waals surface area contributed by atoms with E-state index in [1.165, 1.54) is 7.05 Å². The highest BCUT2D eigenvalue weighted by Gasteiger charge is 2.39. The smallest absolute Gasteiger partial charge is 0.407 e. The Labute approximate surface area is 231 Å². The van der Waals surface area contributed by atoms with Gasteiger partial charge in [-0.15, -0.1) is 0 Å².